The van der Waals surface area contributed by atoms with Crippen molar-refractivity contribution in [3.05, 3.63) is 46.6 Å². The Morgan fingerprint density at radius 1 is 1.24 bits per heavy atom. The number of piperidine rings is 1. The van der Waals surface area contributed by atoms with Gasteiger partial charge in [0.05, 0.1) is 5.51 Å². The van der Waals surface area contributed by atoms with Gasteiger partial charge in [-0.3, -0.25) is 9.88 Å². The van der Waals surface area contributed by atoms with Gasteiger partial charge in [-0.1, -0.05) is 0 Å². The molecule has 4 heterocycles. The first-order valence-electron chi connectivity index (χ1n) is 8.62. The van der Waals surface area contributed by atoms with E-state index in [0.717, 1.165) is 55.5 Å². The van der Waals surface area contributed by atoms with Crippen molar-refractivity contribution in [3.8, 4) is 11.5 Å². The minimum absolute atomic E-state index is 0.499. The fraction of sp³-hybridized carbons (Fsp3) is 0.444. The third kappa shape index (κ3) is 3.62. The second-order valence-electron chi connectivity index (χ2n) is 6.61. The zero-order valence-corrected chi connectivity index (χ0v) is 15.4. The van der Waals surface area contributed by atoms with Crippen LogP contribution in [0.15, 0.2) is 30.2 Å². The maximum Gasteiger partial charge on any atom is 0.158 e. The van der Waals surface area contributed by atoms with E-state index in [1.807, 2.05) is 42.6 Å². The van der Waals surface area contributed by atoms with Crippen LogP contribution in [0.25, 0.3) is 11.5 Å². The van der Waals surface area contributed by atoms with Crippen molar-refractivity contribution in [2.45, 2.75) is 32.2 Å². The van der Waals surface area contributed by atoms with E-state index in [1.54, 1.807) is 11.3 Å². The molecule has 1 fully saturated rings. The van der Waals surface area contributed by atoms with Gasteiger partial charge < -0.3 is 4.57 Å². The van der Waals surface area contributed by atoms with Crippen LogP contribution in [0.1, 0.15) is 35.2 Å². The molecule has 130 valence electrons. The number of nitrogens with zero attached hydrogens (tertiary/aromatic N) is 6. The predicted octanol–water partition coefficient (Wildman–Crippen LogP) is 3.02. The highest BCUT2D eigenvalue weighted by Gasteiger charge is 2.23. The van der Waals surface area contributed by atoms with Crippen LogP contribution in [0, 0.1) is 6.92 Å². The van der Waals surface area contributed by atoms with Gasteiger partial charge in [-0.15, -0.1) is 11.3 Å². The summed E-state index contributed by atoms with van der Waals surface area (Å²) < 4.78 is 2.00. The Balaban J connectivity index is 1.48. The van der Waals surface area contributed by atoms with Gasteiger partial charge in [-0.25, -0.2) is 15.0 Å². The normalized spacial score (nSPS) is 16.4. The summed E-state index contributed by atoms with van der Waals surface area (Å²) in [7, 11) is 2.00. The molecule has 0 radical (unpaired) electrons. The van der Waals surface area contributed by atoms with E-state index in [0.29, 0.717) is 5.92 Å². The van der Waals surface area contributed by atoms with Crippen LogP contribution in [-0.2, 0) is 13.6 Å². The Morgan fingerprint density at radius 2 is 2.08 bits per heavy atom. The molecule has 0 aromatic carbocycles. The lowest BCUT2D eigenvalue weighted by atomic mass is 9.92. The molecule has 0 atom stereocenters. The molecule has 3 aromatic rings. The lowest BCUT2D eigenvalue weighted by Gasteiger charge is -2.31. The SMILES string of the molecule is Cc1nc(-c2nccn2C)cc(C2CCN(Cc3cncs3)CC2)n1. The van der Waals surface area contributed by atoms with Gasteiger partial charge in [0.15, 0.2) is 5.82 Å². The molecule has 1 aliphatic rings. The van der Waals surface area contributed by atoms with Crippen LogP contribution >= 0.6 is 11.3 Å². The number of rotatable bonds is 4. The zero-order chi connectivity index (χ0) is 17.2. The molecule has 25 heavy (non-hydrogen) atoms. The molecule has 0 spiro atoms. The summed E-state index contributed by atoms with van der Waals surface area (Å²) in [5.74, 6) is 2.22. The second-order valence-corrected chi connectivity index (χ2v) is 7.58. The summed E-state index contributed by atoms with van der Waals surface area (Å²) in [6.07, 6.45) is 8.00. The van der Waals surface area contributed by atoms with E-state index in [1.165, 1.54) is 4.88 Å². The summed E-state index contributed by atoms with van der Waals surface area (Å²) in [6, 6.07) is 2.12. The molecule has 4 rings (SSSR count). The number of aryl methyl sites for hydroxylation is 2. The topological polar surface area (TPSA) is 59.7 Å². The molecular weight excluding hydrogens is 332 g/mol. The van der Waals surface area contributed by atoms with E-state index in [2.05, 4.69) is 25.9 Å². The number of likely N-dealkylation sites (tertiary alicyclic amines) is 1. The number of imidazole rings is 1. The van der Waals surface area contributed by atoms with E-state index >= 15 is 0 Å². The Morgan fingerprint density at radius 3 is 2.76 bits per heavy atom. The number of aromatic nitrogens is 5. The van der Waals surface area contributed by atoms with Gasteiger partial charge in [0, 0.05) is 48.7 Å². The highest BCUT2D eigenvalue weighted by atomic mass is 32.1. The second kappa shape index (κ2) is 7.01. The zero-order valence-electron chi connectivity index (χ0n) is 14.6. The molecule has 0 saturated carbocycles. The minimum atomic E-state index is 0.499. The fourth-order valence-electron chi connectivity index (χ4n) is 3.45. The maximum atomic E-state index is 4.72. The number of hydrogen-bond donors (Lipinski definition) is 0. The summed E-state index contributed by atoms with van der Waals surface area (Å²) in [5, 5.41) is 0. The quantitative estimate of drug-likeness (QED) is 0.721. The van der Waals surface area contributed by atoms with E-state index < -0.39 is 0 Å². The molecule has 0 amide bonds. The standard InChI is InChI=1S/C18H22N6S/c1-13-21-16(9-17(22-13)18-20-5-8-23(18)2)14-3-6-24(7-4-14)11-15-10-19-12-25-15/h5,8-10,12,14H,3-4,6-7,11H2,1-2H3. The maximum absolute atomic E-state index is 4.72. The van der Waals surface area contributed by atoms with Crippen LogP contribution < -0.4 is 0 Å². The highest BCUT2D eigenvalue weighted by Crippen LogP contribution is 2.29. The first-order valence-corrected chi connectivity index (χ1v) is 9.50. The van der Waals surface area contributed by atoms with Crippen molar-refractivity contribution in [1.82, 2.24) is 29.4 Å². The smallest absolute Gasteiger partial charge is 0.158 e. The Hall–Kier alpha value is -2.12. The summed E-state index contributed by atoms with van der Waals surface area (Å²) in [4.78, 5) is 21.8. The minimum Gasteiger partial charge on any atom is -0.333 e. The largest absolute Gasteiger partial charge is 0.333 e. The van der Waals surface area contributed by atoms with Gasteiger partial charge in [-0.2, -0.15) is 0 Å². The third-order valence-electron chi connectivity index (χ3n) is 4.78. The molecule has 6 nitrogen and oxygen atoms in total. The highest BCUT2D eigenvalue weighted by molar-refractivity contribution is 7.09. The lowest BCUT2D eigenvalue weighted by Crippen LogP contribution is -2.32. The van der Waals surface area contributed by atoms with Crippen LogP contribution in [0.5, 0.6) is 0 Å². The van der Waals surface area contributed by atoms with Gasteiger partial charge >= 0.3 is 0 Å². The molecular formula is C18H22N6S. The molecule has 1 aliphatic heterocycles. The van der Waals surface area contributed by atoms with E-state index in [-0.39, 0.29) is 0 Å². The van der Waals surface area contributed by atoms with Crippen molar-refractivity contribution in [1.29, 1.82) is 0 Å². The molecule has 0 unspecified atom stereocenters. The van der Waals surface area contributed by atoms with Crippen molar-refractivity contribution in [3.63, 3.8) is 0 Å². The summed E-state index contributed by atoms with van der Waals surface area (Å²) in [5.41, 5.74) is 3.98. The first kappa shape index (κ1) is 16.4. The molecule has 7 heteroatoms. The summed E-state index contributed by atoms with van der Waals surface area (Å²) in [6.45, 7) is 5.18. The van der Waals surface area contributed by atoms with Crippen molar-refractivity contribution in [2.24, 2.45) is 7.05 Å². The van der Waals surface area contributed by atoms with Gasteiger partial charge in [0.1, 0.15) is 11.5 Å². The van der Waals surface area contributed by atoms with Crippen molar-refractivity contribution >= 4 is 11.3 Å². The van der Waals surface area contributed by atoms with Crippen LogP contribution in [0.4, 0.5) is 0 Å². The van der Waals surface area contributed by atoms with Crippen molar-refractivity contribution < 1.29 is 0 Å². The molecule has 0 bridgehead atoms. The van der Waals surface area contributed by atoms with Crippen LogP contribution in [0.2, 0.25) is 0 Å². The Labute approximate surface area is 151 Å². The predicted molar refractivity (Wildman–Crippen MR) is 98.3 cm³/mol. The van der Waals surface area contributed by atoms with Gasteiger partial charge in [0.25, 0.3) is 0 Å². The number of thiazole rings is 1. The monoisotopic (exact) mass is 354 g/mol. The fourth-order valence-corrected chi connectivity index (χ4v) is 4.09. The average Bonchev–Trinajstić information content (AvgIpc) is 3.26. The first-order chi connectivity index (χ1) is 12.2. The molecule has 1 saturated heterocycles. The third-order valence-corrected chi connectivity index (χ3v) is 5.54. The lowest BCUT2D eigenvalue weighted by molar-refractivity contribution is 0.204. The van der Waals surface area contributed by atoms with Crippen LogP contribution in [0.3, 0.4) is 0 Å². The van der Waals surface area contributed by atoms with Crippen LogP contribution in [-0.4, -0.2) is 42.5 Å². The molecule has 3 aromatic heterocycles. The van der Waals surface area contributed by atoms with E-state index in [9.17, 15) is 0 Å². The average molecular weight is 354 g/mol. The van der Waals surface area contributed by atoms with Crippen molar-refractivity contribution in [2.75, 3.05) is 13.1 Å². The van der Waals surface area contributed by atoms with Gasteiger partial charge in [-0.05, 0) is 38.9 Å². The Bertz CT molecular complexity index is 833. The summed E-state index contributed by atoms with van der Waals surface area (Å²) >= 11 is 1.73. The molecule has 0 N–H and O–H groups in total. The Kier molecular flexibility index (Phi) is 4.59. The van der Waals surface area contributed by atoms with Gasteiger partial charge in [0.2, 0.25) is 0 Å². The molecule has 0 aliphatic carbocycles. The van der Waals surface area contributed by atoms with E-state index in [4.69, 9.17) is 4.98 Å². The number of hydrogen-bond acceptors (Lipinski definition) is 6.